The van der Waals surface area contributed by atoms with Crippen LogP contribution in [0.5, 0.6) is 0 Å². The van der Waals surface area contributed by atoms with Crippen molar-refractivity contribution in [3.8, 4) is 0 Å². The highest BCUT2D eigenvalue weighted by molar-refractivity contribution is 9.10. The van der Waals surface area contributed by atoms with Crippen LogP contribution in [0.1, 0.15) is 11.3 Å². The number of carbonyl (C=O) groups excluding carboxylic acids is 2. The Hall–Kier alpha value is -1.97. The number of urea groups is 1. The van der Waals surface area contributed by atoms with E-state index in [4.69, 9.17) is 0 Å². The summed E-state index contributed by atoms with van der Waals surface area (Å²) in [5.41, 5.74) is 2.40. The number of amides is 3. The molecule has 27 heavy (non-hydrogen) atoms. The molecule has 1 fully saturated rings. The van der Waals surface area contributed by atoms with Gasteiger partial charge in [-0.05, 0) is 37.7 Å². The molecular weight excluding hydrogens is 430 g/mol. The van der Waals surface area contributed by atoms with Crippen LogP contribution in [-0.4, -0.2) is 59.9 Å². The van der Waals surface area contributed by atoms with E-state index in [-0.39, 0.29) is 18.4 Å². The van der Waals surface area contributed by atoms with E-state index < -0.39 is 0 Å². The molecule has 0 atom stereocenters. The second-order valence-electron chi connectivity index (χ2n) is 6.55. The zero-order valence-electron chi connectivity index (χ0n) is 15.3. The molecule has 3 rings (SSSR count). The van der Waals surface area contributed by atoms with E-state index in [0.29, 0.717) is 23.9 Å². The number of rotatable bonds is 4. The smallest absolute Gasteiger partial charge is 0.323 e. The average Bonchev–Trinajstić information content (AvgIpc) is 3.04. The Kier molecular flexibility index (Phi) is 6.46. The fourth-order valence-electron chi connectivity index (χ4n) is 2.75. The number of benzene rings is 1. The van der Waals surface area contributed by atoms with Crippen molar-refractivity contribution >= 4 is 50.0 Å². The van der Waals surface area contributed by atoms with E-state index in [0.717, 1.165) is 28.8 Å². The molecule has 0 aliphatic carbocycles. The largest absolute Gasteiger partial charge is 0.326 e. The number of piperazine rings is 1. The maximum absolute atomic E-state index is 12.3. The predicted octanol–water partition coefficient (Wildman–Crippen LogP) is 3.17. The summed E-state index contributed by atoms with van der Waals surface area (Å²) in [6.45, 7) is 5.08. The normalized spacial score (nSPS) is 14.9. The van der Waals surface area contributed by atoms with Crippen LogP contribution in [0.2, 0.25) is 0 Å². The second kappa shape index (κ2) is 8.81. The topological polar surface area (TPSA) is 77.6 Å². The minimum absolute atomic E-state index is 0.136. The van der Waals surface area contributed by atoms with Crippen molar-refractivity contribution in [2.45, 2.75) is 13.3 Å². The van der Waals surface area contributed by atoms with E-state index in [1.807, 2.05) is 32.2 Å². The summed E-state index contributed by atoms with van der Waals surface area (Å²) >= 11 is 4.74. The van der Waals surface area contributed by atoms with Crippen molar-refractivity contribution < 1.29 is 9.59 Å². The molecule has 1 aliphatic heterocycles. The summed E-state index contributed by atoms with van der Waals surface area (Å²) in [6.07, 6.45) is 0.163. The number of likely N-dealkylation sites (N-methyl/N-ethyl adjacent to an activating group) is 1. The van der Waals surface area contributed by atoms with Crippen LogP contribution in [0.25, 0.3) is 0 Å². The third kappa shape index (κ3) is 5.50. The molecule has 1 aromatic heterocycles. The first-order valence-electron chi connectivity index (χ1n) is 8.65. The highest BCUT2D eigenvalue weighted by Crippen LogP contribution is 2.21. The van der Waals surface area contributed by atoms with Gasteiger partial charge in [0, 0.05) is 41.7 Å². The summed E-state index contributed by atoms with van der Waals surface area (Å²) in [7, 11) is 2.04. The van der Waals surface area contributed by atoms with Gasteiger partial charge in [-0.3, -0.25) is 10.1 Å². The van der Waals surface area contributed by atoms with Crippen molar-refractivity contribution in [1.82, 2.24) is 14.8 Å². The monoisotopic (exact) mass is 451 g/mol. The number of hydrogen-bond donors (Lipinski definition) is 2. The lowest BCUT2D eigenvalue weighted by molar-refractivity contribution is -0.115. The number of halogens is 1. The van der Waals surface area contributed by atoms with E-state index in [9.17, 15) is 9.59 Å². The SMILES string of the molecule is Cc1cc(Br)ccc1NC(=O)Cc1csc(NC(=O)N2CCN(C)CC2)n1. The molecule has 1 saturated heterocycles. The van der Waals surface area contributed by atoms with Crippen LogP contribution in [0.4, 0.5) is 15.6 Å². The molecule has 7 nitrogen and oxygen atoms in total. The average molecular weight is 452 g/mol. The standard InChI is InChI=1S/C18H22BrN5O2S/c1-12-9-13(19)3-4-15(12)21-16(25)10-14-11-27-17(20-14)22-18(26)24-7-5-23(2)6-8-24/h3-4,9,11H,5-8,10H2,1-2H3,(H,21,25)(H,20,22,26). The Labute approximate surface area is 170 Å². The van der Waals surface area contributed by atoms with Gasteiger partial charge in [0.25, 0.3) is 0 Å². The lowest BCUT2D eigenvalue weighted by atomic mass is 10.2. The maximum atomic E-state index is 12.3. The number of carbonyl (C=O) groups is 2. The molecule has 3 amide bonds. The van der Waals surface area contributed by atoms with Crippen LogP contribution in [0, 0.1) is 6.92 Å². The van der Waals surface area contributed by atoms with Crippen molar-refractivity contribution in [1.29, 1.82) is 0 Å². The Morgan fingerprint density at radius 3 is 2.67 bits per heavy atom. The van der Waals surface area contributed by atoms with Gasteiger partial charge in [-0.2, -0.15) is 0 Å². The number of nitrogens with zero attached hydrogens (tertiary/aromatic N) is 3. The van der Waals surface area contributed by atoms with Gasteiger partial charge in [0.15, 0.2) is 5.13 Å². The number of nitrogens with one attached hydrogen (secondary N) is 2. The molecule has 0 unspecified atom stereocenters. The Morgan fingerprint density at radius 1 is 1.22 bits per heavy atom. The Balaban J connectivity index is 1.52. The van der Waals surface area contributed by atoms with Gasteiger partial charge < -0.3 is 15.1 Å². The van der Waals surface area contributed by atoms with Crippen LogP contribution in [0.3, 0.4) is 0 Å². The number of thiazole rings is 1. The summed E-state index contributed by atoms with van der Waals surface area (Å²) in [5.74, 6) is -0.136. The number of anilines is 2. The second-order valence-corrected chi connectivity index (χ2v) is 8.32. The fraction of sp³-hybridized carbons (Fsp3) is 0.389. The zero-order valence-corrected chi connectivity index (χ0v) is 17.7. The number of aryl methyl sites for hydroxylation is 1. The first kappa shape index (κ1) is 19.8. The van der Waals surface area contributed by atoms with Gasteiger partial charge >= 0.3 is 6.03 Å². The van der Waals surface area contributed by atoms with E-state index >= 15 is 0 Å². The maximum Gasteiger partial charge on any atom is 0.323 e. The van der Waals surface area contributed by atoms with Crippen LogP contribution in [0.15, 0.2) is 28.1 Å². The van der Waals surface area contributed by atoms with E-state index in [1.54, 1.807) is 10.3 Å². The van der Waals surface area contributed by atoms with Gasteiger partial charge in [0.2, 0.25) is 5.91 Å². The highest BCUT2D eigenvalue weighted by atomic mass is 79.9. The van der Waals surface area contributed by atoms with Crippen molar-refractivity contribution in [2.75, 3.05) is 43.9 Å². The van der Waals surface area contributed by atoms with Crippen LogP contribution < -0.4 is 10.6 Å². The van der Waals surface area contributed by atoms with Crippen molar-refractivity contribution in [2.24, 2.45) is 0 Å². The highest BCUT2D eigenvalue weighted by Gasteiger charge is 2.20. The molecule has 1 aromatic carbocycles. The summed E-state index contributed by atoms with van der Waals surface area (Å²) in [6, 6.07) is 5.56. The van der Waals surface area contributed by atoms with Crippen LogP contribution in [-0.2, 0) is 11.2 Å². The minimum atomic E-state index is -0.140. The minimum Gasteiger partial charge on any atom is -0.326 e. The van der Waals surface area contributed by atoms with Crippen LogP contribution >= 0.6 is 27.3 Å². The predicted molar refractivity (Wildman–Crippen MR) is 111 cm³/mol. The molecule has 0 bridgehead atoms. The third-order valence-electron chi connectivity index (χ3n) is 4.36. The van der Waals surface area contributed by atoms with Gasteiger partial charge in [-0.1, -0.05) is 15.9 Å². The van der Waals surface area contributed by atoms with Crippen molar-refractivity contribution in [3.05, 3.63) is 39.3 Å². The molecule has 0 saturated carbocycles. The Bertz CT molecular complexity index is 833. The molecule has 2 N–H and O–H groups in total. The molecule has 2 aromatic rings. The van der Waals surface area contributed by atoms with Gasteiger partial charge in [-0.15, -0.1) is 11.3 Å². The molecule has 0 spiro atoms. The summed E-state index contributed by atoms with van der Waals surface area (Å²) in [4.78, 5) is 32.9. The van der Waals surface area contributed by atoms with Gasteiger partial charge in [0.05, 0.1) is 12.1 Å². The molecule has 2 heterocycles. The molecular formula is C18H22BrN5O2S. The van der Waals surface area contributed by atoms with Gasteiger partial charge in [-0.25, -0.2) is 9.78 Å². The molecule has 144 valence electrons. The number of hydrogen-bond acceptors (Lipinski definition) is 5. The van der Waals surface area contributed by atoms with Crippen molar-refractivity contribution in [3.63, 3.8) is 0 Å². The quantitative estimate of drug-likeness (QED) is 0.747. The molecule has 1 aliphatic rings. The first-order chi connectivity index (χ1) is 12.9. The first-order valence-corrected chi connectivity index (χ1v) is 10.3. The van der Waals surface area contributed by atoms with E-state index in [1.165, 1.54) is 11.3 Å². The third-order valence-corrected chi connectivity index (χ3v) is 5.66. The van der Waals surface area contributed by atoms with Gasteiger partial charge in [0.1, 0.15) is 0 Å². The lowest BCUT2D eigenvalue weighted by Gasteiger charge is -2.32. The van der Waals surface area contributed by atoms with E-state index in [2.05, 4.69) is 36.4 Å². The number of aromatic nitrogens is 1. The lowest BCUT2D eigenvalue weighted by Crippen LogP contribution is -2.48. The summed E-state index contributed by atoms with van der Waals surface area (Å²) < 4.78 is 0.971. The fourth-order valence-corrected chi connectivity index (χ4v) is 3.93. The summed E-state index contributed by atoms with van der Waals surface area (Å²) in [5, 5.41) is 8.04. The zero-order chi connectivity index (χ0) is 19.4. The Morgan fingerprint density at radius 2 is 1.96 bits per heavy atom. The molecule has 0 radical (unpaired) electrons. The molecule has 9 heteroatoms.